The fraction of sp³-hybridized carbons (Fsp3) is 0.375. The number of fused-ring (bicyclic) bond motifs is 1. The van der Waals surface area contributed by atoms with Crippen LogP contribution in [0.3, 0.4) is 0 Å². The summed E-state index contributed by atoms with van der Waals surface area (Å²) in [5.74, 6) is 0.540. The number of hydrogen-bond acceptors (Lipinski definition) is 6. The van der Waals surface area contributed by atoms with Gasteiger partial charge >= 0.3 is 0 Å². The van der Waals surface area contributed by atoms with Crippen LogP contribution in [0, 0.1) is 0 Å². The van der Waals surface area contributed by atoms with Gasteiger partial charge in [-0.25, -0.2) is 0 Å². The fourth-order valence-electron chi connectivity index (χ4n) is 3.53. The van der Waals surface area contributed by atoms with Crippen LogP contribution in [0.15, 0.2) is 36.4 Å². The molecule has 8 heteroatoms. The van der Waals surface area contributed by atoms with Crippen LogP contribution in [0.25, 0.3) is 0 Å². The van der Waals surface area contributed by atoms with Crippen molar-refractivity contribution in [2.24, 2.45) is 0 Å². The van der Waals surface area contributed by atoms with Crippen molar-refractivity contribution in [1.82, 2.24) is 4.90 Å². The molecule has 3 amide bonds. The number of nitrogens with one attached hydrogen (secondary N) is 1. The van der Waals surface area contributed by atoms with Crippen molar-refractivity contribution in [3.63, 3.8) is 0 Å². The summed E-state index contributed by atoms with van der Waals surface area (Å²) >= 11 is 1.53. The third-order valence-electron chi connectivity index (χ3n) is 4.77. The van der Waals surface area contributed by atoms with Crippen molar-refractivity contribution in [1.29, 1.82) is 0 Å². The van der Waals surface area contributed by atoms with E-state index in [1.165, 1.54) is 23.6 Å². The first-order chi connectivity index (χ1) is 15.4. The van der Waals surface area contributed by atoms with Crippen molar-refractivity contribution in [2.75, 3.05) is 31.0 Å². The highest BCUT2D eigenvalue weighted by Crippen LogP contribution is 2.38. The Balaban J connectivity index is 0.00000176. The Bertz CT molecular complexity index is 992. The largest absolute Gasteiger partial charge is 0.493 e. The zero-order chi connectivity index (χ0) is 23.8. The molecule has 0 aliphatic carbocycles. The van der Waals surface area contributed by atoms with Gasteiger partial charge in [0.15, 0.2) is 11.5 Å². The van der Waals surface area contributed by atoms with E-state index < -0.39 is 11.9 Å². The number of carbonyl (C=O) groups excluding carboxylic acids is 3. The molecule has 1 aliphatic rings. The van der Waals surface area contributed by atoms with Crippen molar-refractivity contribution in [3.8, 4) is 11.5 Å². The third-order valence-corrected chi connectivity index (χ3v) is 5.41. The number of benzene rings is 2. The number of nitrogens with zero attached hydrogens (tertiary/aromatic N) is 1. The van der Waals surface area contributed by atoms with Crippen LogP contribution in [0.2, 0.25) is 0 Å². The molecule has 0 saturated carbocycles. The van der Waals surface area contributed by atoms with Gasteiger partial charge in [0.1, 0.15) is 0 Å². The van der Waals surface area contributed by atoms with Crippen LogP contribution in [0.4, 0.5) is 5.69 Å². The van der Waals surface area contributed by atoms with Crippen molar-refractivity contribution in [2.45, 2.75) is 33.7 Å². The summed E-state index contributed by atoms with van der Waals surface area (Å²) in [5, 5.41) is 2.65. The van der Waals surface area contributed by atoms with Gasteiger partial charge in [-0.1, -0.05) is 26.0 Å². The van der Waals surface area contributed by atoms with Gasteiger partial charge in [0.25, 0.3) is 11.8 Å². The summed E-state index contributed by atoms with van der Waals surface area (Å²) in [4.78, 5) is 39.3. The molecule has 172 valence electrons. The van der Waals surface area contributed by atoms with E-state index in [1.54, 1.807) is 31.4 Å². The number of ether oxygens (including phenoxy) is 2. The molecule has 0 aromatic heterocycles. The average Bonchev–Trinajstić information content (AvgIpc) is 3.04. The lowest BCUT2D eigenvalue weighted by Crippen LogP contribution is -2.35. The molecule has 0 spiro atoms. The Morgan fingerprint density at radius 1 is 1.12 bits per heavy atom. The molecule has 0 saturated heterocycles. The Morgan fingerprint density at radius 2 is 1.84 bits per heavy atom. The van der Waals surface area contributed by atoms with E-state index in [0.29, 0.717) is 29.5 Å². The van der Waals surface area contributed by atoms with Gasteiger partial charge in [0.05, 0.1) is 36.6 Å². The van der Waals surface area contributed by atoms with Crippen LogP contribution in [0.1, 0.15) is 60.0 Å². The van der Waals surface area contributed by atoms with E-state index >= 15 is 0 Å². The van der Waals surface area contributed by atoms with Gasteiger partial charge in [-0.05, 0) is 43.0 Å². The first-order valence-corrected chi connectivity index (χ1v) is 11.9. The average molecular weight is 459 g/mol. The summed E-state index contributed by atoms with van der Waals surface area (Å²) in [6.07, 6.45) is 1.92. The second kappa shape index (κ2) is 11.6. The summed E-state index contributed by atoms with van der Waals surface area (Å²) < 4.78 is 11.0. The molecular weight excluding hydrogens is 428 g/mol. The predicted octanol–water partition coefficient (Wildman–Crippen LogP) is 4.78. The van der Waals surface area contributed by atoms with E-state index in [9.17, 15) is 14.4 Å². The Kier molecular flexibility index (Phi) is 9.13. The van der Waals surface area contributed by atoms with Gasteiger partial charge in [-0.2, -0.15) is 11.8 Å². The molecule has 0 fully saturated rings. The second-order valence-electron chi connectivity index (χ2n) is 6.70. The van der Waals surface area contributed by atoms with Crippen molar-refractivity contribution >= 4 is 35.2 Å². The minimum atomic E-state index is -0.498. The number of imide groups is 1. The molecule has 1 N–H and O–H groups in total. The van der Waals surface area contributed by atoms with Gasteiger partial charge in [-0.15, -0.1) is 0 Å². The van der Waals surface area contributed by atoms with E-state index in [1.807, 2.05) is 39.2 Å². The Labute approximate surface area is 193 Å². The predicted molar refractivity (Wildman–Crippen MR) is 128 cm³/mol. The summed E-state index contributed by atoms with van der Waals surface area (Å²) in [6, 6.07) is 9.80. The lowest BCUT2D eigenvalue weighted by Gasteiger charge is -2.27. The number of carbonyl (C=O) groups is 3. The highest BCUT2D eigenvalue weighted by atomic mass is 32.2. The molecule has 2 aromatic rings. The second-order valence-corrected chi connectivity index (χ2v) is 7.61. The molecular formula is C24H30N2O5S. The number of anilines is 1. The summed E-state index contributed by atoms with van der Waals surface area (Å²) in [5.41, 5.74) is 1.62. The minimum Gasteiger partial charge on any atom is -0.493 e. The van der Waals surface area contributed by atoms with E-state index in [4.69, 9.17) is 9.47 Å². The van der Waals surface area contributed by atoms with Crippen LogP contribution in [0.5, 0.6) is 11.5 Å². The molecule has 0 bridgehead atoms. The SMILES string of the molecule is CC.CCOc1cc([C@@H](CSC)N2C(=O)c3cccc(NC(C)=O)c3C2=O)ccc1OC. The maximum atomic E-state index is 13.3. The third kappa shape index (κ3) is 5.07. The first kappa shape index (κ1) is 25.3. The Hall–Kier alpha value is -3.00. The quantitative estimate of drug-likeness (QED) is 0.573. The number of hydrogen-bond donors (Lipinski definition) is 1. The normalized spacial score (nSPS) is 13.1. The smallest absolute Gasteiger partial charge is 0.264 e. The first-order valence-electron chi connectivity index (χ1n) is 10.5. The zero-order valence-electron chi connectivity index (χ0n) is 19.4. The Morgan fingerprint density at radius 3 is 2.44 bits per heavy atom. The highest BCUT2D eigenvalue weighted by Gasteiger charge is 2.42. The number of rotatable bonds is 8. The van der Waals surface area contributed by atoms with Crippen molar-refractivity contribution in [3.05, 3.63) is 53.1 Å². The van der Waals surface area contributed by atoms with Gasteiger partial charge in [0.2, 0.25) is 5.91 Å². The molecule has 0 unspecified atom stereocenters. The fourth-order valence-corrected chi connectivity index (χ4v) is 4.18. The number of thioether (sulfide) groups is 1. The topological polar surface area (TPSA) is 84.9 Å². The molecule has 1 heterocycles. The lowest BCUT2D eigenvalue weighted by atomic mass is 10.1. The van der Waals surface area contributed by atoms with Crippen LogP contribution in [-0.4, -0.2) is 48.3 Å². The maximum absolute atomic E-state index is 13.3. The van der Waals surface area contributed by atoms with E-state index in [-0.39, 0.29) is 22.9 Å². The van der Waals surface area contributed by atoms with Gasteiger partial charge < -0.3 is 14.8 Å². The standard InChI is InChI=1S/C22H24N2O5S.C2H6/c1-5-29-19-11-14(9-10-18(19)28-3)17(12-30-4)24-21(26)15-7-6-8-16(23-13(2)25)20(15)22(24)27;1-2/h6-11,17H,5,12H2,1-4H3,(H,23,25);1-2H3/t17-;/m1./s1. The number of amides is 3. The molecule has 1 atom stereocenters. The van der Waals surface area contributed by atoms with Gasteiger partial charge in [-0.3, -0.25) is 19.3 Å². The van der Waals surface area contributed by atoms with Crippen molar-refractivity contribution < 1.29 is 23.9 Å². The highest BCUT2D eigenvalue weighted by molar-refractivity contribution is 7.98. The number of methoxy groups -OCH3 is 1. The van der Waals surface area contributed by atoms with E-state index in [0.717, 1.165) is 5.56 Å². The van der Waals surface area contributed by atoms with Crippen LogP contribution >= 0.6 is 11.8 Å². The monoisotopic (exact) mass is 458 g/mol. The van der Waals surface area contributed by atoms with E-state index in [2.05, 4.69) is 5.32 Å². The maximum Gasteiger partial charge on any atom is 0.264 e. The van der Waals surface area contributed by atoms with Crippen LogP contribution in [-0.2, 0) is 4.79 Å². The molecule has 32 heavy (non-hydrogen) atoms. The van der Waals surface area contributed by atoms with Gasteiger partial charge in [0, 0.05) is 12.7 Å². The molecule has 1 aliphatic heterocycles. The summed E-state index contributed by atoms with van der Waals surface area (Å²) in [7, 11) is 1.56. The lowest BCUT2D eigenvalue weighted by molar-refractivity contribution is -0.114. The molecule has 3 rings (SSSR count). The summed E-state index contributed by atoms with van der Waals surface area (Å²) in [6.45, 7) is 7.70. The zero-order valence-corrected chi connectivity index (χ0v) is 20.2. The minimum absolute atomic E-state index is 0.224. The molecule has 0 radical (unpaired) electrons. The van der Waals surface area contributed by atoms with Crippen LogP contribution < -0.4 is 14.8 Å². The molecule has 7 nitrogen and oxygen atoms in total. The molecule has 2 aromatic carbocycles.